The van der Waals surface area contributed by atoms with Gasteiger partial charge in [0.05, 0.1) is 6.54 Å². The standard InChI is InChI=1S/C16H15F3N2O3/c1-9-13(21-8-23-9)7-20-15(22)12-6-11(12)10-4-2-3-5-14(10)24-16(17,18)19/h2-5,8,11-12H,6-7H2,1H3,(H,20,22). The van der Waals surface area contributed by atoms with Gasteiger partial charge in [-0.2, -0.15) is 0 Å². The molecular formula is C16H15F3N2O3. The number of halogens is 3. The molecule has 0 spiro atoms. The Hall–Kier alpha value is -2.51. The first-order chi connectivity index (χ1) is 11.3. The first kappa shape index (κ1) is 16.4. The Morgan fingerprint density at radius 3 is 2.83 bits per heavy atom. The summed E-state index contributed by atoms with van der Waals surface area (Å²) in [4.78, 5) is 16.1. The number of aryl methyl sites for hydroxylation is 1. The molecule has 8 heteroatoms. The fourth-order valence-electron chi connectivity index (χ4n) is 2.63. The number of amides is 1. The Bertz CT molecular complexity index is 742. The maximum Gasteiger partial charge on any atom is 0.573 e. The second-order valence-electron chi connectivity index (χ2n) is 5.61. The molecule has 1 aliphatic rings. The highest BCUT2D eigenvalue weighted by Crippen LogP contribution is 2.51. The number of carbonyl (C=O) groups is 1. The molecule has 2 atom stereocenters. The number of nitrogens with one attached hydrogen (secondary N) is 1. The van der Waals surface area contributed by atoms with Crippen molar-refractivity contribution >= 4 is 5.91 Å². The normalized spacial score (nSPS) is 19.8. The van der Waals surface area contributed by atoms with Crippen LogP contribution in [0.25, 0.3) is 0 Å². The number of alkyl halides is 3. The van der Waals surface area contributed by atoms with Crippen LogP contribution in [-0.4, -0.2) is 17.3 Å². The maximum absolute atomic E-state index is 12.5. The molecule has 1 fully saturated rings. The minimum Gasteiger partial charge on any atom is -0.448 e. The number of hydrogen-bond donors (Lipinski definition) is 1. The van der Waals surface area contributed by atoms with Crippen LogP contribution in [0.4, 0.5) is 13.2 Å². The van der Waals surface area contributed by atoms with Gasteiger partial charge in [0, 0.05) is 5.92 Å². The van der Waals surface area contributed by atoms with Crippen LogP contribution in [0, 0.1) is 12.8 Å². The lowest BCUT2D eigenvalue weighted by molar-refractivity contribution is -0.274. The van der Waals surface area contributed by atoms with Gasteiger partial charge in [0.1, 0.15) is 17.2 Å². The monoisotopic (exact) mass is 340 g/mol. The van der Waals surface area contributed by atoms with E-state index in [1.807, 2.05) is 0 Å². The fourth-order valence-corrected chi connectivity index (χ4v) is 2.63. The van der Waals surface area contributed by atoms with Crippen molar-refractivity contribution in [1.82, 2.24) is 10.3 Å². The van der Waals surface area contributed by atoms with Crippen molar-refractivity contribution in [2.75, 3.05) is 0 Å². The molecule has 1 amide bonds. The first-order valence-corrected chi connectivity index (χ1v) is 7.36. The molecule has 2 aromatic rings. The molecular weight excluding hydrogens is 325 g/mol. The van der Waals surface area contributed by atoms with Crippen molar-refractivity contribution in [3.63, 3.8) is 0 Å². The average molecular weight is 340 g/mol. The molecule has 2 unspecified atom stereocenters. The van der Waals surface area contributed by atoms with Gasteiger partial charge in [-0.25, -0.2) is 4.98 Å². The van der Waals surface area contributed by atoms with Gasteiger partial charge in [-0.15, -0.1) is 13.2 Å². The molecule has 0 radical (unpaired) electrons. The van der Waals surface area contributed by atoms with E-state index in [4.69, 9.17) is 4.42 Å². The molecule has 0 aliphatic heterocycles. The molecule has 128 valence electrons. The van der Waals surface area contributed by atoms with Gasteiger partial charge in [0.2, 0.25) is 5.91 Å². The number of benzene rings is 1. The number of para-hydroxylation sites is 1. The van der Waals surface area contributed by atoms with Gasteiger partial charge < -0.3 is 14.5 Å². The molecule has 1 N–H and O–H groups in total. The number of nitrogens with zero attached hydrogens (tertiary/aromatic N) is 1. The number of ether oxygens (including phenoxy) is 1. The van der Waals surface area contributed by atoms with Crippen LogP contribution in [0.15, 0.2) is 35.1 Å². The zero-order valence-electron chi connectivity index (χ0n) is 12.8. The third kappa shape index (κ3) is 3.69. The van der Waals surface area contributed by atoms with Crippen LogP contribution in [0.3, 0.4) is 0 Å². The third-order valence-corrected chi connectivity index (χ3v) is 3.95. The molecule has 0 bridgehead atoms. The fraction of sp³-hybridized carbons (Fsp3) is 0.375. The van der Waals surface area contributed by atoms with Crippen LogP contribution >= 0.6 is 0 Å². The second kappa shape index (κ2) is 6.18. The Labute approximate surface area is 135 Å². The predicted octanol–water partition coefficient (Wildman–Crippen LogP) is 3.30. The van der Waals surface area contributed by atoms with E-state index in [-0.39, 0.29) is 30.0 Å². The van der Waals surface area contributed by atoms with E-state index in [2.05, 4.69) is 15.0 Å². The van der Waals surface area contributed by atoms with Crippen LogP contribution in [0.5, 0.6) is 5.75 Å². The highest BCUT2D eigenvalue weighted by Gasteiger charge is 2.46. The van der Waals surface area contributed by atoms with E-state index in [0.29, 0.717) is 23.4 Å². The number of hydrogen-bond acceptors (Lipinski definition) is 4. The summed E-state index contributed by atoms with van der Waals surface area (Å²) in [6.45, 7) is 1.96. The number of rotatable bonds is 5. The Morgan fingerprint density at radius 2 is 2.17 bits per heavy atom. The zero-order valence-corrected chi connectivity index (χ0v) is 12.8. The summed E-state index contributed by atoms with van der Waals surface area (Å²) in [5.74, 6) is -0.495. The molecule has 1 aromatic heterocycles. The van der Waals surface area contributed by atoms with Crippen molar-refractivity contribution < 1.29 is 27.1 Å². The SMILES string of the molecule is Cc1ocnc1CNC(=O)C1CC1c1ccccc1OC(F)(F)F. The average Bonchev–Trinajstić information content (AvgIpc) is 3.20. The molecule has 1 aromatic carbocycles. The highest BCUT2D eigenvalue weighted by molar-refractivity contribution is 5.83. The van der Waals surface area contributed by atoms with Crippen molar-refractivity contribution in [2.45, 2.75) is 32.2 Å². The van der Waals surface area contributed by atoms with E-state index in [1.165, 1.54) is 18.5 Å². The molecule has 1 heterocycles. The van der Waals surface area contributed by atoms with Gasteiger partial charge in [-0.05, 0) is 30.9 Å². The summed E-state index contributed by atoms with van der Waals surface area (Å²) in [7, 11) is 0. The molecule has 1 saturated carbocycles. The van der Waals surface area contributed by atoms with Crippen LogP contribution in [0.2, 0.25) is 0 Å². The van der Waals surface area contributed by atoms with Gasteiger partial charge in [-0.1, -0.05) is 18.2 Å². The van der Waals surface area contributed by atoms with Gasteiger partial charge in [-0.3, -0.25) is 4.79 Å². The van der Waals surface area contributed by atoms with Crippen LogP contribution in [-0.2, 0) is 11.3 Å². The molecule has 5 nitrogen and oxygen atoms in total. The summed E-state index contributed by atoms with van der Waals surface area (Å²) in [6, 6.07) is 5.91. The summed E-state index contributed by atoms with van der Waals surface area (Å²) in [5, 5.41) is 2.73. The number of oxazole rings is 1. The molecule has 1 aliphatic carbocycles. The van der Waals surface area contributed by atoms with Crippen LogP contribution < -0.4 is 10.1 Å². The first-order valence-electron chi connectivity index (χ1n) is 7.36. The second-order valence-corrected chi connectivity index (χ2v) is 5.61. The topological polar surface area (TPSA) is 64.4 Å². The van der Waals surface area contributed by atoms with E-state index >= 15 is 0 Å². The summed E-state index contributed by atoms with van der Waals surface area (Å²) >= 11 is 0. The predicted molar refractivity (Wildman–Crippen MR) is 77.1 cm³/mol. The van der Waals surface area contributed by atoms with Crippen molar-refractivity contribution in [1.29, 1.82) is 0 Å². The lowest BCUT2D eigenvalue weighted by Gasteiger charge is -2.13. The lowest BCUT2D eigenvalue weighted by Crippen LogP contribution is -2.25. The summed E-state index contributed by atoms with van der Waals surface area (Å²) in [6.07, 6.45) is -2.98. The van der Waals surface area contributed by atoms with E-state index < -0.39 is 6.36 Å². The van der Waals surface area contributed by atoms with Crippen molar-refractivity contribution in [3.05, 3.63) is 47.7 Å². The van der Waals surface area contributed by atoms with Gasteiger partial charge >= 0.3 is 6.36 Å². The molecule has 3 rings (SSSR count). The number of aromatic nitrogens is 1. The quantitative estimate of drug-likeness (QED) is 0.907. The maximum atomic E-state index is 12.5. The Kier molecular flexibility index (Phi) is 4.21. The molecule has 24 heavy (non-hydrogen) atoms. The summed E-state index contributed by atoms with van der Waals surface area (Å²) in [5.41, 5.74) is 1.02. The van der Waals surface area contributed by atoms with Crippen LogP contribution in [0.1, 0.15) is 29.4 Å². The smallest absolute Gasteiger partial charge is 0.448 e. The minimum atomic E-state index is -4.76. The lowest BCUT2D eigenvalue weighted by atomic mass is 10.1. The largest absolute Gasteiger partial charge is 0.573 e. The van der Waals surface area contributed by atoms with E-state index in [9.17, 15) is 18.0 Å². The minimum absolute atomic E-state index is 0.218. The Balaban J connectivity index is 1.63. The zero-order chi connectivity index (χ0) is 17.3. The van der Waals surface area contributed by atoms with Gasteiger partial charge in [0.25, 0.3) is 0 Å². The highest BCUT2D eigenvalue weighted by atomic mass is 19.4. The number of carbonyl (C=O) groups excluding carboxylic acids is 1. The van der Waals surface area contributed by atoms with E-state index in [0.717, 1.165) is 0 Å². The molecule has 0 saturated heterocycles. The van der Waals surface area contributed by atoms with Crippen molar-refractivity contribution in [2.24, 2.45) is 5.92 Å². The van der Waals surface area contributed by atoms with E-state index in [1.54, 1.807) is 19.1 Å². The Morgan fingerprint density at radius 1 is 1.42 bits per heavy atom. The third-order valence-electron chi connectivity index (χ3n) is 3.95. The van der Waals surface area contributed by atoms with Gasteiger partial charge in [0.15, 0.2) is 6.39 Å². The summed E-state index contributed by atoms with van der Waals surface area (Å²) < 4.78 is 46.5. The van der Waals surface area contributed by atoms with Crippen molar-refractivity contribution in [3.8, 4) is 5.75 Å².